The van der Waals surface area contributed by atoms with E-state index in [4.69, 9.17) is 0 Å². The molecule has 31 heavy (non-hydrogen) atoms. The lowest BCUT2D eigenvalue weighted by atomic mass is 10.1. The summed E-state index contributed by atoms with van der Waals surface area (Å²) >= 11 is 5.49. The third-order valence-electron chi connectivity index (χ3n) is 5.02. The van der Waals surface area contributed by atoms with E-state index in [1.54, 1.807) is 42.5 Å². The van der Waals surface area contributed by atoms with E-state index in [9.17, 15) is 24.6 Å². The van der Waals surface area contributed by atoms with E-state index in [0.717, 1.165) is 5.56 Å². The summed E-state index contributed by atoms with van der Waals surface area (Å²) in [5, 5.41) is 21.9. The van der Waals surface area contributed by atoms with Crippen LogP contribution in [0.5, 0.6) is 5.75 Å². The number of amides is 2. The molecule has 164 valence electrons. The molecule has 0 radical (unpaired) electrons. The molecule has 2 aromatic carbocycles. The number of benzene rings is 2. The van der Waals surface area contributed by atoms with E-state index in [0.29, 0.717) is 17.1 Å². The maximum absolute atomic E-state index is 13.1. The Morgan fingerprint density at radius 2 is 1.81 bits per heavy atom. The molecule has 1 heterocycles. The van der Waals surface area contributed by atoms with Crippen LogP contribution in [-0.2, 0) is 20.8 Å². The first-order valence-corrected chi connectivity index (χ1v) is 11.5. The molecular weight excluding hydrogens is 436 g/mol. The summed E-state index contributed by atoms with van der Waals surface area (Å²) in [5.41, 5.74) is 1.32. The Bertz CT molecular complexity index is 941. The number of carbonyl (C=O) groups excluding carboxylic acids is 2. The van der Waals surface area contributed by atoms with Crippen molar-refractivity contribution in [3.63, 3.8) is 0 Å². The lowest BCUT2D eigenvalue weighted by molar-refractivity contribution is -0.144. The zero-order chi connectivity index (χ0) is 22.4. The Kier molecular flexibility index (Phi) is 7.86. The number of aromatic hydroxyl groups is 1. The third kappa shape index (κ3) is 5.54. The van der Waals surface area contributed by atoms with Crippen molar-refractivity contribution in [3.05, 3.63) is 65.7 Å². The molecule has 2 amide bonds. The van der Waals surface area contributed by atoms with Crippen LogP contribution in [0.4, 0.5) is 0 Å². The topological polar surface area (TPSA) is 107 Å². The number of carboxylic acid groups (broad SMARTS) is 1. The highest BCUT2D eigenvalue weighted by Gasteiger charge is 2.43. The van der Waals surface area contributed by atoms with Gasteiger partial charge in [-0.1, -0.05) is 48.5 Å². The number of carbonyl (C=O) groups is 3. The summed E-state index contributed by atoms with van der Waals surface area (Å²) in [4.78, 5) is 39.1. The van der Waals surface area contributed by atoms with Gasteiger partial charge in [0.05, 0.1) is 0 Å². The summed E-state index contributed by atoms with van der Waals surface area (Å²) < 4.78 is 0. The molecule has 0 bridgehead atoms. The standard InChI is InChI=1S/C22H24N2O5S2/c25-18-9-5-4-8-15(18)21-24(19(26)10-11-30)17(13-31-21)20(27)23-16(22(28)29)12-14-6-2-1-3-7-14/h1-9,16-17,21,25,30H,10-13H2,(H,23,27)(H,28,29)/t16-,17?,21+/m0/s1. The molecule has 2 aromatic rings. The average Bonchev–Trinajstić information content (AvgIpc) is 3.19. The number of nitrogens with zero attached hydrogens (tertiary/aromatic N) is 1. The Hall–Kier alpha value is -2.65. The van der Waals surface area contributed by atoms with Gasteiger partial charge in [-0.15, -0.1) is 11.8 Å². The van der Waals surface area contributed by atoms with Crippen LogP contribution in [-0.4, -0.2) is 56.5 Å². The number of carboxylic acids is 1. The van der Waals surface area contributed by atoms with Crippen molar-refractivity contribution in [1.82, 2.24) is 10.2 Å². The minimum Gasteiger partial charge on any atom is -0.508 e. The molecule has 1 aliphatic heterocycles. The van der Waals surface area contributed by atoms with Crippen LogP contribution in [0, 0.1) is 0 Å². The Morgan fingerprint density at radius 1 is 1.13 bits per heavy atom. The van der Waals surface area contributed by atoms with Crippen LogP contribution in [0.2, 0.25) is 0 Å². The lowest BCUT2D eigenvalue weighted by Crippen LogP contribution is -2.52. The maximum Gasteiger partial charge on any atom is 0.326 e. The summed E-state index contributed by atoms with van der Waals surface area (Å²) in [5.74, 6) is -1.30. The number of phenolic OH excluding ortho intramolecular Hbond substituents is 1. The van der Waals surface area contributed by atoms with E-state index >= 15 is 0 Å². The van der Waals surface area contributed by atoms with Crippen molar-refractivity contribution < 1.29 is 24.6 Å². The predicted octanol–water partition coefficient (Wildman–Crippen LogP) is 2.47. The number of rotatable bonds is 8. The number of nitrogens with one attached hydrogen (secondary N) is 1. The molecule has 1 aliphatic rings. The first-order valence-electron chi connectivity index (χ1n) is 9.81. The van der Waals surface area contributed by atoms with E-state index in [2.05, 4.69) is 17.9 Å². The fourth-order valence-electron chi connectivity index (χ4n) is 3.49. The Balaban J connectivity index is 1.81. The minimum absolute atomic E-state index is 0.0391. The quantitative estimate of drug-likeness (QED) is 0.451. The van der Waals surface area contributed by atoms with E-state index in [1.165, 1.54) is 22.7 Å². The molecular formula is C22H24N2O5S2. The van der Waals surface area contributed by atoms with Crippen molar-refractivity contribution in [2.24, 2.45) is 0 Å². The molecule has 0 aromatic heterocycles. The smallest absolute Gasteiger partial charge is 0.326 e. The highest BCUT2D eigenvalue weighted by Crippen LogP contribution is 2.44. The number of hydrogen-bond donors (Lipinski definition) is 4. The molecule has 0 aliphatic carbocycles. The molecule has 3 rings (SSSR count). The second-order valence-corrected chi connectivity index (χ2v) is 8.68. The van der Waals surface area contributed by atoms with Crippen LogP contribution >= 0.6 is 24.4 Å². The first kappa shape index (κ1) is 23.0. The predicted molar refractivity (Wildman–Crippen MR) is 122 cm³/mol. The SMILES string of the molecule is O=C(N[C@@H](Cc1ccccc1)C(=O)O)C1CS[C@H](c2ccccc2O)N1C(=O)CCS. The van der Waals surface area contributed by atoms with Crippen LogP contribution in [0.3, 0.4) is 0 Å². The normalized spacial score (nSPS) is 19.1. The summed E-state index contributed by atoms with van der Waals surface area (Å²) in [6.07, 6.45) is 0.263. The average molecular weight is 461 g/mol. The van der Waals surface area contributed by atoms with Gasteiger partial charge in [-0.3, -0.25) is 9.59 Å². The van der Waals surface area contributed by atoms with Gasteiger partial charge in [0.2, 0.25) is 11.8 Å². The molecule has 7 nitrogen and oxygen atoms in total. The molecule has 3 atom stereocenters. The monoisotopic (exact) mass is 460 g/mol. The highest BCUT2D eigenvalue weighted by atomic mass is 32.2. The molecule has 0 spiro atoms. The largest absolute Gasteiger partial charge is 0.508 e. The zero-order valence-corrected chi connectivity index (χ0v) is 18.4. The highest BCUT2D eigenvalue weighted by molar-refractivity contribution is 7.99. The number of phenols is 1. The van der Waals surface area contributed by atoms with E-state index < -0.39 is 29.3 Å². The summed E-state index contributed by atoms with van der Waals surface area (Å²) in [6, 6.07) is 13.7. The van der Waals surface area contributed by atoms with Gasteiger partial charge < -0.3 is 20.4 Å². The molecule has 1 saturated heterocycles. The second kappa shape index (κ2) is 10.6. The molecule has 1 fully saturated rings. The van der Waals surface area contributed by atoms with Crippen molar-refractivity contribution in [3.8, 4) is 5.75 Å². The fourth-order valence-corrected chi connectivity index (χ4v) is 5.16. The lowest BCUT2D eigenvalue weighted by Gasteiger charge is -2.30. The molecule has 3 N–H and O–H groups in total. The van der Waals surface area contributed by atoms with Crippen molar-refractivity contribution in [1.29, 1.82) is 0 Å². The van der Waals surface area contributed by atoms with Gasteiger partial charge in [-0.25, -0.2) is 4.79 Å². The number of thioether (sulfide) groups is 1. The first-order chi connectivity index (χ1) is 14.9. The van der Waals surface area contributed by atoms with Crippen LogP contribution in [0.1, 0.15) is 22.9 Å². The van der Waals surface area contributed by atoms with Gasteiger partial charge in [0, 0.05) is 24.2 Å². The molecule has 1 unspecified atom stereocenters. The number of aliphatic carboxylic acids is 1. The minimum atomic E-state index is -1.15. The van der Waals surface area contributed by atoms with Crippen LogP contribution in [0.25, 0.3) is 0 Å². The van der Waals surface area contributed by atoms with Gasteiger partial charge in [0.1, 0.15) is 23.2 Å². The number of hydrogen-bond acceptors (Lipinski definition) is 6. The van der Waals surface area contributed by atoms with Crippen molar-refractivity contribution in [2.45, 2.75) is 30.3 Å². The van der Waals surface area contributed by atoms with E-state index in [1.807, 2.05) is 6.07 Å². The molecule has 9 heteroatoms. The van der Waals surface area contributed by atoms with Gasteiger partial charge in [0.25, 0.3) is 0 Å². The Morgan fingerprint density at radius 3 is 2.45 bits per heavy atom. The van der Waals surface area contributed by atoms with Gasteiger partial charge in [0.15, 0.2) is 0 Å². The van der Waals surface area contributed by atoms with Gasteiger partial charge in [-0.05, 0) is 17.4 Å². The summed E-state index contributed by atoms with van der Waals surface area (Å²) in [7, 11) is 0. The van der Waals surface area contributed by atoms with E-state index in [-0.39, 0.29) is 24.5 Å². The van der Waals surface area contributed by atoms with Crippen LogP contribution < -0.4 is 5.32 Å². The third-order valence-corrected chi connectivity index (χ3v) is 6.55. The maximum atomic E-state index is 13.1. The van der Waals surface area contributed by atoms with Crippen molar-refractivity contribution >= 4 is 42.2 Å². The Labute approximate surface area is 190 Å². The van der Waals surface area contributed by atoms with Gasteiger partial charge in [-0.2, -0.15) is 12.6 Å². The molecule has 0 saturated carbocycles. The summed E-state index contributed by atoms with van der Waals surface area (Å²) in [6.45, 7) is 0. The zero-order valence-electron chi connectivity index (χ0n) is 16.7. The van der Waals surface area contributed by atoms with Gasteiger partial charge >= 0.3 is 5.97 Å². The number of thiol groups is 1. The fraction of sp³-hybridized carbons (Fsp3) is 0.318. The van der Waals surface area contributed by atoms with Crippen molar-refractivity contribution in [2.75, 3.05) is 11.5 Å². The van der Waals surface area contributed by atoms with Crippen LogP contribution in [0.15, 0.2) is 54.6 Å². The second-order valence-electron chi connectivity index (χ2n) is 7.12. The number of para-hydroxylation sites is 1.